The van der Waals surface area contributed by atoms with Crippen molar-refractivity contribution in [3.8, 4) is 0 Å². The van der Waals surface area contributed by atoms with E-state index in [4.69, 9.17) is 0 Å². The van der Waals surface area contributed by atoms with Gasteiger partial charge in [-0.2, -0.15) is 0 Å². The topological polar surface area (TPSA) is 78.5 Å². The molecule has 1 aromatic rings. The van der Waals surface area contributed by atoms with Gasteiger partial charge in [0, 0.05) is 24.8 Å². The number of anilines is 2. The monoisotopic (exact) mass is 321 g/mol. The minimum Gasteiger partial charge on any atom is -0.365 e. The number of unbranched alkanes of at least 4 members (excludes halogenated alkanes) is 1. The molecule has 3 amide bonds. The van der Waals surface area contributed by atoms with Crippen LogP contribution in [0.25, 0.3) is 0 Å². The van der Waals surface area contributed by atoms with Crippen molar-refractivity contribution >= 4 is 40.2 Å². The number of rotatable bonds is 6. The lowest BCUT2D eigenvalue weighted by Crippen LogP contribution is -2.35. The summed E-state index contributed by atoms with van der Waals surface area (Å²) in [4.78, 5) is 36.3. The summed E-state index contributed by atoms with van der Waals surface area (Å²) in [7, 11) is 0. The number of carbonyl (C=O) groups excluding carboxylic acids is 3. The van der Waals surface area contributed by atoms with Crippen molar-refractivity contribution in [1.29, 1.82) is 0 Å². The molecule has 1 atom stereocenters. The number of nitrogens with zero attached hydrogens (tertiary/aromatic N) is 1. The van der Waals surface area contributed by atoms with E-state index in [1.54, 1.807) is 24.3 Å². The maximum atomic E-state index is 12.2. The van der Waals surface area contributed by atoms with Crippen molar-refractivity contribution in [2.45, 2.75) is 32.1 Å². The maximum absolute atomic E-state index is 12.2. The van der Waals surface area contributed by atoms with Crippen LogP contribution in [0.1, 0.15) is 26.7 Å². The minimum absolute atomic E-state index is 0.139. The number of nitrogens with one attached hydrogen (secondary N) is 2. The van der Waals surface area contributed by atoms with Gasteiger partial charge in [0.25, 0.3) is 11.1 Å². The molecule has 6 nitrogen and oxygen atoms in total. The number of imide groups is 1. The van der Waals surface area contributed by atoms with Crippen LogP contribution in [-0.2, 0) is 9.59 Å². The summed E-state index contributed by atoms with van der Waals surface area (Å²) in [5, 5.41) is 4.93. The molecule has 0 aromatic heterocycles. The summed E-state index contributed by atoms with van der Waals surface area (Å²) in [5.74, 6) is -0.339. The number of carbonyl (C=O) groups is 3. The molecule has 0 spiro atoms. The van der Waals surface area contributed by atoms with Gasteiger partial charge in [-0.3, -0.25) is 19.3 Å². The molecule has 2 N–H and O–H groups in total. The Balaban J connectivity index is 1.97. The highest BCUT2D eigenvalue weighted by molar-refractivity contribution is 8.15. The average Bonchev–Trinajstić information content (AvgIpc) is 2.73. The van der Waals surface area contributed by atoms with Gasteiger partial charge >= 0.3 is 0 Å². The molecule has 1 aromatic carbocycles. The average molecular weight is 321 g/mol. The molecule has 2 rings (SSSR count). The number of thioether (sulfide) groups is 1. The third-order valence-corrected chi connectivity index (χ3v) is 4.14. The Hall–Kier alpha value is -2.02. The van der Waals surface area contributed by atoms with Gasteiger partial charge in [-0.15, -0.1) is 0 Å². The minimum atomic E-state index is -0.587. The van der Waals surface area contributed by atoms with Crippen LogP contribution in [0.3, 0.4) is 0 Å². The van der Waals surface area contributed by atoms with Gasteiger partial charge < -0.3 is 10.6 Å². The second-order valence-electron chi connectivity index (χ2n) is 5.01. The summed E-state index contributed by atoms with van der Waals surface area (Å²) in [6.07, 6.45) is 1.75. The lowest BCUT2D eigenvalue weighted by Gasteiger charge is -2.14. The molecule has 0 radical (unpaired) electrons. The van der Waals surface area contributed by atoms with Crippen LogP contribution in [0.5, 0.6) is 0 Å². The summed E-state index contributed by atoms with van der Waals surface area (Å²) < 4.78 is 0. The fraction of sp³-hybridized carbons (Fsp3) is 0.400. The fourth-order valence-corrected chi connectivity index (χ4v) is 2.99. The first kappa shape index (κ1) is 16.4. The van der Waals surface area contributed by atoms with E-state index in [-0.39, 0.29) is 17.1 Å². The van der Waals surface area contributed by atoms with Gasteiger partial charge in [-0.1, -0.05) is 13.3 Å². The van der Waals surface area contributed by atoms with Crippen molar-refractivity contribution in [3.63, 3.8) is 0 Å². The van der Waals surface area contributed by atoms with Crippen LogP contribution in [0.2, 0.25) is 0 Å². The van der Waals surface area contributed by atoms with Gasteiger partial charge in [0.05, 0.1) is 0 Å². The van der Waals surface area contributed by atoms with Gasteiger partial charge in [-0.05, 0) is 42.4 Å². The first-order valence-corrected chi connectivity index (χ1v) is 8.05. The second kappa shape index (κ2) is 7.31. The van der Waals surface area contributed by atoms with Crippen LogP contribution in [0.15, 0.2) is 24.3 Å². The summed E-state index contributed by atoms with van der Waals surface area (Å²) >= 11 is 0.998. The van der Waals surface area contributed by atoms with E-state index in [0.717, 1.165) is 30.3 Å². The molecule has 1 unspecified atom stereocenters. The van der Waals surface area contributed by atoms with Crippen LogP contribution >= 0.6 is 11.8 Å². The highest BCUT2D eigenvalue weighted by Crippen LogP contribution is 2.28. The van der Waals surface area contributed by atoms with Crippen LogP contribution in [0, 0.1) is 0 Å². The Morgan fingerprint density at radius 3 is 2.45 bits per heavy atom. The van der Waals surface area contributed by atoms with Gasteiger partial charge in [-0.25, -0.2) is 0 Å². The van der Waals surface area contributed by atoms with Gasteiger partial charge in [0.15, 0.2) is 5.37 Å². The van der Waals surface area contributed by atoms with Crippen molar-refractivity contribution in [2.75, 3.05) is 17.2 Å². The smallest absolute Gasteiger partial charge is 0.290 e. The molecular weight excluding hydrogens is 302 g/mol. The van der Waals surface area contributed by atoms with E-state index < -0.39 is 5.37 Å². The molecule has 7 heteroatoms. The van der Waals surface area contributed by atoms with Crippen LogP contribution in [0.4, 0.5) is 16.2 Å². The lowest BCUT2D eigenvalue weighted by molar-refractivity contribution is -0.126. The summed E-state index contributed by atoms with van der Waals surface area (Å²) in [6.45, 7) is 3.93. The summed E-state index contributed by atoms with van der Waals surface area (Å²) in [6, 6.07) is 7.01. The first-order chi connectivity index (χ1) is 10.5. The van der Waals surface area contributed by atoms with E-state index in [2.05, 4.69) is 10.6 Å². The standard InChI is InChI=1S/C15H19N3O3S/c1-3-4-9-18-14(20)13(22-15(18)21)17-12-7-5-11(6-8-12)16-10(2)19/h5-8,13,17H,3-4,9H2,1-2H3,(H,16,19). The molecule has 1 fully saturated rings. The molecule has 118 valence electrons. The van der Waals surface area contributed by atoms with Crippen molar-refractivity contribution in [3.05, 3.63) is 24.3 Å². The SMILES string of the molecule is CCCCN1C(=O)SC(Nc2ccc(NC(C)=O)cc2)C1=O. The Labute approximate surface area is 133 Å². The number of benzene rings is 1. The molecule has 0 aliphatic carbocycles. The molecule has 1 aliphatic heterocycles. The Bertz CT molecular complexity index is 574. The Kier molecular flexibility index (Phi) is 5.43. The zero-order valence-corrected chi connectivity index (χ0v) is 13.4. The largest absolute Gasteiger partial charge is 0.365 e. The van der Waals surface area contributed by atoms with E-state index in [1.807, 2.05) is 6.92 Å². The zero-order valence-electron chi connectivity index (χ0n) is 12.6. The molecular formula is C15H19N3O3S. The van der Waals surface area contributed by atoms with Gasteiger partial charge in [0.2, 0.25) is 5.91 Å². The van der Waals surface area contributed by atoms with E-state index in [1.165, 1.54) is 11.8 Å². The molecule has 1 heterocycles. The number of hydrogen-bond donors (Lipinski definition) is 2. The molecule has 0 bridgehead atoms. The van der Waals surface area contributed by atoms with Crippen LogP contribution < -0.4 is 10.6 Å². The Morgan fingerprint density at radius 1 is 1.23 bits per heavy atom. The van der Waals surface area contributed by atoms with E-state index in [9.17, 15) is 14.4 Å². The van der Waals surface area contributed by atoms with E-state index >= 15 is 0 Å². The molecule has 1 saturated heterocycles. The van der Waals surface area contributed by atoms with Gasteiger partial charge in [0.1, 0.15) is 0 Å². The second-order valence-corrected chi connectivity index (χ2v) is 6.07. The lowest BCUT2D eigenvalue weighted by atomic mass is 10.2. The van der Waals surface area contributed by atoms with E-state index in [0.29, 0.717) is 12.2 Å². The number of hydrogen-bond acceptors (Lipinski definition) is 5. The molecule has 1 aliphatic rings. The molecule has 0 saturated carbocycles. The van der Waals surface area contributed by atoms with Crippen molar-refractivity contribution in [1.82, 2.24) is 4.90 Å². The maximum Gasteiger partial charge on any atom is 0.290 e. The summed E-state index contributed by atoms with van der Waals surface area (Å²) in [5.41, 5.74) is 1.41. The molecule has 22 heavy (non-hydrogen) atoms. The number of amides is 3. The third-order valence-electron chi connectivity index (χ3n) is 3.17. The normalized spacial score (nSPS) is 17.7. The highest BCUT2D eigenvalue weighted by Gasteiger charge is 2.39. The van der Waals surface area contributed by atoms with Crippen molar-refractivity contribution in [2.24, 2.45) is 0 Å². The zero-order chi connectivity index (χ0) is 16.1. The quantitative estimate of drug-likeness (QED) is 0.842. The van der Waals surface area contributed by atoms with Crippen molar-refractivity contribution < 1.29 is 14.4 Å². The Morgan fingerprint density at radius 2 is 1.86 bits per heavy atom. The predicted octanol–water partition coefficient (Wildman–Crippen LogP) is 2.88. The highest BCUT2D eigenvalue weighted by atomic mass is 32.2. The first-order valence-electron chi connectivity index (χ1n) is 7.17. The van der Waals surface area contributed by atoms with Crippen LogP contribution in [-0.4, -0.2) is 33.9 Å². The predicted molar refractivity (Wildman–Crippen MR) is 87.8 cm³/mol. The fourth-order valence-electron chi connectivity index (χ4n) is 2.06. The third kappa shape index (κ3) is 4.00.